The van der Waals surface area contributed by atoms with Gasteiger partial charge >= 0.3 is 6.18 Å². The van der Waals surface area contributed by atoms with Crippen molar-refractivity contribution in [1.82, 2.24) is 14.7 Å². The molecular formula is C18H27F3N4O. The third-order valence-corrected chi connectivity index (χ3v) is 5.50. The third-order valence-electron chi connectivity index (χ3n) is 5.50. The number of carbonyl (C=O) groups excluding carboxylic acids is 1. The molecule has 5 nitrogen and oxygen atoms in total. The van der Waals surface area contributed by atoms with Gasteiger partial charge < -0.3 is 10.2 Å². The van der Waals surface area contributed by atoms with Gasteiger partial charge in [-0.3, -0.25) is 4.79 Å². The van der Waals surface area contributed by atoms with Crippen molar-refractivity contribution in [3.63, 3.8) is 0 Å². The van der Waals surface area contributed by atoms with Crippen molar-refractivity contribution in [1.29, 1.82) is 0 Å². The molecule has 8 heteroatoms. The first-order chi connectivity index (χ1) is 12.2. The van der Waals surface area contributed by atoms with Crippen LogP contribution in [0.2, 0.25) is 0 Å². The maximum atomic E-state index is 13.5. The molecule has 1 aromatic heterocycles. The van der Waals surface area contributed by atoms with E-state index in [4.69, 9.17) is 0 Å². The van der Waals surface area contributed by atoms with Gasteiger partial charge in [0.2, 0.25) is 5.91 Å². The number of nitrogens with zero attached hydrogens (tertiary/aromatic N) is 3. The first-order valence-corrected chi connectivity index (χ1v) is 9.42. The number of nitrogens with one attached hydrogen (secondary N) is 1. The van der Waals surface area contributed by atoms with Crippen LogP contribution in [0, 0.1) is 5.92 Å². The molecule has 2 aliphatic heterocycles. The Morgan fingerprint density at radius 1 is 1.35 bits per heavy atom. The second-order valence-electron chi connectivity index (χ2n) is 7.70. The van der Waals surface area contributed by atoms with Gasteiger partial charge in [-0.1, -0.05) is 20.8 Å². The number of likely N-dealkylation sites (tertiary alicyclic amines) is 1. The molecule has 0 aliphatic carbocycles. The molecule has 26 heavy (non-hydrogen) atoms. The molecule has 2 atom stereocenters. The predicted octanol–water partition coefficient (Wildman–Crippen LogP) is 3.94. The monoisotopic (exact) mass is 372 g/mol. The normalized spacial score (nSPS) is 24.5. The van der Waals surface area contributed by atoms with E-state index >= 15 is 0 Å². The molecule has 1 aromatic rings. The highest BCUT2D eigenvalue weighted by Gasteiger charge is 2.46. The number of piperidine rings is 1. The van der Waals surface area contributed by atoms with Crippen LogP contribution in [0.5, 0.6) is 0 Å². The maximum Gasteiger partial charge on any atom is 0.410 e. The largest absolute Gasteiger partial charge is 0.410 e. The van der Waals surface area contributed by atoms with Crippen molar-refractivity contribution in [3.8, 4) is 0 Å². The topological polar surface area (TPSA) is 50.2 Å². The summed E-state index contributed by atoms with van der Waals surface area (Å²) < 4.78 is 41.5. The van der Waals surface area contributed by atoms with E-state index in [1.165, 1.54) is 0 Å². The highest BCUT2D eigenvalue weighted by Crippen LogP contribution is 2.41. The SMILES string of the molecule is CC[C@@H]1C[C@H](C(F)(F)F)n2nc(C3CCN(C(=O)C(C)C)CC3)cc2N1. The van der Waals surface area contributed by atoms with Crippen molar-refractivity contribution in [3.05, 3.63) is 11.8 Å². The Morgan fingerprint density at radius 2 is 2.00 bits per heavy atom. The number of fused-ring (bicyclic) bond motifs is 1. The first-order valence-electron chi connectivity index (χ1n) is 9.42. The van der Waals surface area contributed by atoms with E-state index in [-0.39, 0.29) is 30.2 Å². The molecule has 0 bridgehead atoms. The fourth-order valence-electron chi connectivity index (χ4n) is 3.90. The minimum Gasteiger partial charge on any atom is -0.367 e. The van der Waals surface area contributed by atoms with E-state index in [0.717, 1.165) is 17.5 Å². The zero-order valence-corrected chi connectivity index (χ0v) is 15.5. The lowest BCUT2D eigenvalue weighted by atomic mass is 9.93. The Balaban J connectivity index is 1.76. The Morgan fingerprint density at radius 3 is 2.54 bits per heavy atom. The van der Waals surface area contributed by atoms with Gasteiger partial charge in [0.15, 0.2) is 6.04 Å². The van der Waals surface area contributed by atoms with Gasteiger partial charge in [0.1, 0.15) is 5.82 Å². The molecule has 3 rings (SSSR count). The second kappa shape index (κ2) is 7.12. The summed E-state index contributed by atoms with van der Waals surface area (Å²) in [6.45, 7) is 6.92. The van der Waals surface area contributed by atoms with Gasteiger partial charge in [-0.15, -0.1) is 0 Å². The van der Waals surface area contributed by atoms with Gasteiger partial charge in [0.25, 0.3) is 0 Å². The molecule has 3 heterocycles. The van der Waals surface area contributed by atoms with Crippen molar-refractivity contribution in [2.45, 2.75) is 70.6 Å². The molecule has 0 aromatic carbocycles. The molecular weight excluding hydrogens is 345 g/mol. The Kier molecular flexibility index (Phi) is 5.21. The van der Waals surface area contributed by atoms with Gasteiger partial charge in [-0.25, -0.2) is 4.68 Å². The number of hydrogen-bond donors (Lipinski definition) is 1. The molecule has 0 unspecified atom stereocenters. The Bertz CT molecular complexity index is 647. The Hall–Kier alpha value is -1.73. The summed E-state index contributed by atoms with van der Waals surface area (Å²) in [5.41, 5.74) is 0.704. The lowest BCUT2D eigenvalue weighted by Crippen LogP contribution is -2.40. The molecule has 1 amide bonds. The van der Waals surface area contributed by atoms with Crippen LogP contribution < -0.4 is 5.32 Å². The lowest BCUT2D eigenvalue weighted by molar-refractivity contribution is -0.173. The third kappa shape index (κ3) is 3.69. The molecule has 1 saturated heterocycles. The van der Waals surface area contributed by atoms with Gasteiger partial charge in [0.05, 0.1) is 5.69 Å². The number of alkyl halides is 3. The zero-order valence-electron chi connectivity index (χ0n) is 15.5. The van der Waals surface area contributed by atoms with Crippen LogP contribution in [0.1, 0.15) is 64.1 Å². The van der Waals surface area contributed by atoms with Crippen LogP contribution in [-0.4, -0.2) is 45.9 Å². The Labute approximate surface area is 151 Å². The number of anilines is 1. The molecule has 0 spiro atoms. The van der Waals surface area contributed by atoms with E-state index in [1.807, 2.05) is 25.7 Å². The van der Waals surface area contributed by atoms with Crippen LogP contribution in [0.3, 0.4) is 0 Å². The van der Waals surface area contributed by atoms with E-state index in [1.54, 1.807) is 6.07 Å². The number of aromatic nitrogens is 2. The number of rotatable bonds is 3. The minimum atomic E-state index is -4.30. The quantitative estimate of drug-likeness (QED) is 0.874. The summed E-state index contributed by atoms with van der Waals surface area (Å²) in [7, 11) is 0. The lowest BCUT2D eigenvalue weighted by Gasteiger charge is -2.33. The summed E-state index contributed by atoms with van der Waals surface area (Å²) in [4.78, 5) is 13.9. The standard InChI is InChI=1S/C18H27F3N4O/c1-4-13-9-15(18(19,20)21)25-16(22-13)10-14(23-25)12-5-7-24(8-6-12)17(26)11(2)3/h10-13,15,22H,4-9H2,1-3H3/t13-,15-/m1/s1. The van der Waals surface area contributed by atoms with E-state index in [9.17, 15) is 18.0 Å². The number of carbonyl (C=O) groups is 1. The molecule has 1 N–H and O–H groups in total. The molecule has 0 saturated carbocycles. The summed E-state index contributed by atoms with van der Waals surface area (Å²) in [6.07, 6.45) is -2.18. The van der Waals surface area contributed by atoms with Gasteiger partial charge in [0, 0.05) is 37.0 Å². The fraction of sp³-hybridized carbons (Fsp3) is 0.778. The van der Waals surface area contributed by atoms with Gasteiger partial charge in [-0.05, 0) is 25.7 Å². The summed E-state index contributed by atoms with van der Waals surface area (Å²) in [5, 5.41) is 7.51. The van der Waals surface area contributed by atoms with Gasteiger partial charge in [-0.2, -0.15) is 18.3 Å². The molecule has 1 fully saturated rings. The second-order valence-corrected chi connectivity index (χ2v) is 7.70. The van der Waals surface area contributed by atoms with Crippen molar-refractivity contribution in [2.24, 2.45) is 5.92 Å². The number of halogens is 3. The average Bonchev–Trinajstić information content (AvgIpc) is 3.03. The van der Waals surface area contributed by atoms with Crippen molar-refractivity contribution < 1.29 is 18.0 Å². The fourth-order valence-corrected chi connectivity index (χ4v) is 3.90. The highest BCUT2D eigenvalue weighted by atomic mass is 19.4. The van der Waals surface area contributed by atoms with E-state index in [2.05, 4.69) is 10.4 Å². The molecule has 0 radical (unpaired) electrons. The van der Waals surface area contributed by atoms with Crippen LogP contribution >= 0.6 is 0 Å². The van der Waals surface area contributed by atoms with Crippen LogP contribution in [0.25, 0.3) is 0 Å². The minimum absolute atomic E-state index is 0.00938. The summed E-state index contributed by atoms with van der Waals surface area (Å²) >= 11 is 0. The van der Waals surface area contributed by atoms with Crippen molar-refractivity contribution in [2.75, 3.05) is 18.4 Å². The van der Waals surface area contributed by atoms with E-state index < -0.39 is 12.2 Å². The smallest absolute Gasteiger partial charge is 0.367 e. The van der Waals surface area contributed by atoms with Crippen molar-refractivity contribution >= 4 is 11.7 Å². The predicted molar refractivity (Wildman–Crippen MR) is 93.0 cm³/mol. The summed E-state index contributed by atoms with van der Waals surface area (Å²) in [5.74, 6) is 0.660. The molecule has 2 aliphatic rings. The van der Waals surface area contributed by atoms with E-state index in [0.29, 0.717) is 31.0 Å². The highest BCUT2D eigenvalue weighted by molar-refractivity contribution is 5.78. The van der Waals surface area contributed by atoms with Crippen LogP contribution in [-0.2, 0) is 4.79 Å². The number of hydrogen-bond acceptors (Lipinski definition) is 3. The zero-order chi connectivity index (χ0) is 19.1. The maximum absolute atomic E-state index is 13.5. The first kappa shape index (κ1) is 19.0. The average molecular weight is 372 g/mol. The molecule has 146 valence electrons. The van der Waals surface area contributed by atoms with Crippen LogP contribution in [0.4, 0.5) is 19.0 Å². The summed E-state index contributed by atoms with van der Waals surface area (Å²) in [6, 6.07) is 0.00904. The number of amides is 1. The van der Waals surface area contributed by atoms with Crippen LogP contribution in [0.15, 0.2) is 6.07 Å².